The molecular weight excluding hydrogens is 420 g/mol. The highest BCUT2D eigenvalue weighted by Crippen LogP contribution is 2.21. The maximum Gasteiger partial charge on any atom is 0.253 e. The van der Waals surface area contributed by atoms with Gasteiger partial charge in [-0.15, -0.1) is 0 Å². The Morgan fingerprint density at radius 2 is 1.69 bits per heavy atom. The summed E-state index contributed by atoms with van der Waals surface area (Å²) < 4.78 is 32.8. The molecule has 0 atom stereocenters. The van der Waals surface area contributed by atoms with Crippen LogP contribution >= 0.6 is 15.9 Å². The third-order valence-electron chi connectivity index (χ3n) is 4.29. The van der Waals surface area contributed by atoms with Crippen molar-refractivity contribution in [2.24, 2.45) is 0 Å². The first-order valence-corrected chi connectivity index (χ1v) is 10.3. The number of hydrogen-bond donors (Lipinski definition) is 0. The number of piperazine rings is 1. The Labute approximate surface area is 161 Å². The van der Waals surface area contributed by atoms with Crippen molar-refractivity contribution in [2.75, 3.05) is 33.3 Å². The Hall–Kier alpha value is -1.90. The molecule has 2 aromatic carbocycles. The Morgan fingerprint density at radius 1 is 1.04 bits per heavy atom. The fourth-order valence-corrected chi connectivity index (χ4v) is 4.65. The number of hydrogen-bond acceptors (Lipinski definition) is 4. The van der Waals surface area contributed by atoms with Gasteiger partial charge in [0.15, 0.2) is 0 Å². The lowest BCUT2D eigenvalue weighted by Gasteiger charge is -2.34. The fourth-order valence-electron chi connectivity index (χ4n) is 2.83. The molecule has 1 fully saturated rings. The summed E-state index contributed by atoms with van der Waals surface area (Å²) in [5, 5.41) is 0. The van der Waals surface area contributed by atoms with Crippen LogP contribution in [0, 0.1) is 0 Å². The number of benzene rings is 2. The number of amides is 1. The number of carbonyl (C=O) groups is 1. The Kier molecular flexibility index (Phi) is 5.64. The summed E-state index contributed by atoms with van der Waals surface area (Å²) in [6, 6.07) is 13.5. The lowest BCUT2D eigenvalue weighted by Crippen LogP contribution is -2.50. The van der Waals surface area contributed by atoms with Gasteiger partial charge in [0.2, 0.25) is 10.0 Å². The average molecular weight is 439 g/mol. The molecule has 8 heteroatoms. The maximum absolute atomic E-state index is 12.8. The first-order valence-electron chi connectivity index (χ1n) is 8.11. The summed E-state index contributed by atoms with van der Waals surface area (Å²) in [6.45, 7) is 1.27. The monoisotopic (exact) mass is 438 g/mol. The largest absolute Gasteiger partial charge is 0.497 e. The number of carbonyl (C=O) groups excluding carboxylic acids is 1. The van der Waals surface area contributed by atoms with E-state index in [4.69, 9.17) is 4.74 Å². The first kappa shape index (κ1) is 18.9. The van der Waals surface area contributed by atoms with Crippen LogP contribution in [0.5, 0.6) is 5.75 Å². The van der Waals surface area contributed by atoms with Crippen molar-refractivity contribution < 1.29 is 17.9 Å². The molecule has 1 heterocycles. The summed E-state index contributed by atoms with van der Waals surface area (Å²) in [4.78, 5) is 14.5. The Balaban J connectivity index is 1.68. The van der Waals surface area contributed by atoms with E-state index in [2.05, 4.69) is 15.9 Å². The van der Waals surface area contributed by atoms with Crippen LogP contribution in [0.1, 0.15) is 10.4 Å². The van der Waals surface area contributed by atoms with Gasteiger partial charge in [-0.1, -0.05) is 22.0 Å². The van der Waals surface area contributed by atoms with Gasteiger partial charge in [0.1, 0.15) is 5.75 Å². The third-order valence-corrected chi connectivity index (χ3v) is 6.70. The normalized spacial score (nSPS) is 15.7. The van der Waals surface area contributed by atoms with Crippen LogP contribution in [0.2, 0.25) is 0 Å². The van der Waals surface area contributed by atoms with Crippen molar-refractivity contribution in [1.29, 1.82) is 0 Å². The van der Waals surface area contributed by atoms with E-state index >= 15 is 0 Å². The highest BCUT2D eigenvalue weighted by molar-refractivity contribution is 9.10. The zero-order valence-electron chi connectivity index (χ0n) is 14.3. The molecule has 0 saturated carbocycles. The Morgan fingerprint density at radius 3 is 2.27 bits per heavy atom. The molecule has 1 saturated heterocycles. The van der Waals surface area contributed by atoms with Crippen LogP contribution < -0.4 is 4.74 Å². The second-order valence-corrected chi connectivity index (χ2v) is 8.74. The van der Waals surface area contributed by atoms with Crippen LogP contribution in [-0.4, -0.2) is 56.8 Å². The fraction of sp³-hybridized carbons (Fsp3) is 0.278. The second-order valence-electron chi connectivity index (χ2n) is 5.88. The second kappa shape index (κ2) is 7.77. The number of halogens is 1. The van der Waals surface area contributed by atoms with E-state index in [0.717, 1.165) is 4.47 Å². The quantitative estimate of drug-likeness (QED) is 0.735. The molecule has 6 nitrogen and oxygen atoms in total. The highest BCUT2D eigenvalue weighted by Gasteiger charge is 2.30. The van der Waals surface area contributed by atoms with Gasteiger partial charge >= 0.3 is 0 Å². The lowest BCUT2D eigenvalue weighted by atomic mass is 10.2. The molecule has 1 aliphatic heterocycles. The van der Waals surface area contributed by atoms with Gasteiger partial charge in [-0.25, -0.2) is 8.42 Å². The predicted octanol–water partition coefficient (Wildman–Crippen LogP) is 2.60. The molecule has 0 radical (unpaired) electrons. The molecule has 2 aromatic rings. The Bertz CT molecular complexity index is 892. The van der Waals surface area contributed by atoms with E-state index in [1.54, 1.807) is 29.2 Å². The highest BCUT2D eigenvalue weighted by atomic mass is 79.9. The molecule has 26 heavy (non-hydrogen) atoms. The van der Waals surface area contributed by atoms with Gasteiger partial charge in [-0.2, -0.15) is 4.31 Å². The topological polar surface area (TPSA) is 66.9 Å². The van der Waals surface area contributed by atoms with Gasteiger partial charge in [0.05, 0.1) is 12.0 Å². The van der Waals surface area contributed by atoms with Crippen molar-refractivity contribution >= 4 is 31.9 Å². The predicted molar refractivity (Wildman–Crippen MR) is 102 cm³/mol. The van der Waals surface area contributed by atoms with Crippen LogP contribution in [0.3, 0.4) is 0 Å². The van der Waals surface area contributed by atoms with Gasteiger partial charge in [-0.3, -0.25) is 4.79 Å². The summed E-state index contributed by atoms with van der Waals surface area (Å²) in [5.74, 6) is 0.515. The van der Waals surface area contributed by atoms with E-state index in [0.29, 0.717) is 24.4 Å². The van der Waals surface area contributed by atoms with E-state index in [9.17, 15) is 13.2 Å². The van der Waals surface area contributed by atoms with Gasteiger partial charge in [0.25, 0.3) is 5.91 Å². The molecule has 0 N–H and O–H groups in total. The molecular formula is C18H19BrN2O4S. The summed E-state index contributed by atoms with van der Waals surface area (Å²) in [7, 11) is -2.04. The number of nitrogens with zero attached hydrogens (tertiary/aromatic N) is 2. The molecule has 1 amide bonds. The SMILES string of the molecule is COc1ccc(S(=O)(=O)N2CCN(C(=O)c3cccc(Br)c3)CC2)cc1. The molecule has 0 bridgehead atoms. The first-order chi connectivity index (χ1) is 12.4. The molecule has 138 valence electrons. The lowest BCUT2D eigenvalue weighted by molar-refractivity contribution is 0.0698. The van der Waals surface area contributed by atoms with Crippen molar-refractivity contribution in [1.82, 2.24) is 9.21 Å². The van der Waals surface area contributed by atoms with Gasteiger partial charge in [-0.05, 0) is 42.5 Å². The number of ether oxygens (including phenoxy) is 1. The van der Waals surface area contributed by atoms with Crippen molar-refractivity contribution in [3.8, 4) is 5.75 Å². The van der Waals surface area contributed by atoms with E-state index in [1.165, 1.54) is 23.5 Å². The van der Waals surface area contributed by atoms with Crippen LogP contribution in [-0.2, 0) is 10.0 Å². The average Bonchev–Trinajstić information content (AvgIpc) is 2.67. The molecule has 0 spiro atoms. The van der Waals surface area contributed by atoms with Crippen molar-refractivity contribution in [3.63, 3.8) is 0 Å². The van der Waals surface area contributed by atoms with Gasteiger partial charge in [0, 0.05) is 36.2 Å². The third kappa shape index (κ3) is 3.92. The number of sulfonamides is 1. The van der Waals surface area contributed by atoms with Crippen molar-refractivity contribution in [3.05, 3.63) is 58.6 Å². The van der Waals surface area contributed by atoms with Crippen LogP contribution in [0.4, 0.5) is 0 Å². The van der Waals surface area contributed by atoms with Crippen LogP contribution in [0.15, 0.2) is 57.9 Å². The summed E-state index contributed by atoms with van der Waals surface area (Å²) in [6.07, 6.45) is 0. The smallest absolute Gasteiger partial charge is 0.253 e. The number of methoxy groups -OCH3 is 1. The summed E-state index contributed by atoms with van der Waals surface area (Å²) >= 11 is 3.36. The minimum absolute atomic E-state index is 0.0900. The molecule has 3 rings (SSSR count). The molecule has 0 unspecified atom stereocenters. The standard InChI is InChI=1S/C18H19BrN2O4S/c1-25-16-5-7-17(8-6-16)26(23,24)21-11-9-20(10-12-21)18(22)14-3-2-4-15(19)13-14/h2-8,13H,9-12H2,1H3. The zero-order chi connectivity index (χ0) is 18.7. The van der Waals surface area contributed by atoms with Crippen molar-refractivity contribution in [2.45, 2.75) is 4.90 Å². The minimum atomic E-state index is -3.58. The number of rotatable bonds is 4. The van der Waals surface area contributed by atoms with Crippen LogP contribution in [0.25, 0.3) is 0 Å². The van der Waals surface area contributed by atoms with E-state index in [-0.39, 0.29) is 23.9 Å². The molecule has 0 aliphatic carbocycles. The molecule has 1 aliphatic rings. The molecule has 0 aromatic heterocycles. The van der Waals surface area contributed by atoms with E-state index in [1.807, 2.05) is 12.1 Å². The minimum Gasteiger partial charge on any atom is -0.497 e. The maximum atomic E-state index is 12.8. The van der Waals surface area contributed by atoms with E-state index < -0.39 is 10.0 Å². The van der Waals surface area contributed by atoms with Gasteiger partial charge < -0.3 is 9.64 Å². The zero-order valence-corrected chi connectivity index (χ0v) is 16.7. The summed E-state index contributed by atoms with van der Waals surface area (Å²) in [5.41, 5.74) is 0.589.